The molecule has 0 aliphatic carbocycles. The Morgan fingerprint density at radius 1 is 1.17 bits per heavy atom. The lowest BCUT2D eigenvalue weighted by molar-refractivity contribution is -0.149. The molecule has 1 unspecified atom stereocenters. The monoisotopic (exact) mass is 584 g/mol. The molecule has 1 aromatic carbocycles. The summed E-state index contributed by atoms with van der Waals surface area (Å²) < 4.78 is 17.0. The molecule has 0 bridgehead atoms. The number of ether oxygens (including phenoxy) is 3. The normalized spacial score (nSPS) is 17.6. The summed E-state index contributed by atoms with van der Waals surface area (Å²) in [7, 11) is 1.57. The number of carbonyl (C=O) groups excluding carboxylic acids is 2. The third kappa shape index (κ3) is 8.80. The Balaban J connectivity index is 1.84. The standard InChI is InChI=1S/C31H44N4O7/c1-8-9-10-11-12-13-23(34-30(39)42-31(4,5)6)28(36)35-18-21(17-25(35)29(37)38)41-27-26(19(2)3)32-22-15-14-20(40-7)16-24(22)33-27/h8,14-16,19,21,23,25H,1,9-13,17-18H2,2-7H3,(H,34,39)(H,37,38)/t21-,23?,25+/m1/s1. The second-order valence-electron chi connectivity index (χ2n) is 11.9. The molecule has 0 radical (unpaired) electrons. The first-order chi connectivity index (χ1) is 19.8. The van der Waals surface area contributed by atoms with Gasteiger partial charge in [0.2, 0.25) is 11.8 Å². The number of likely N-dealkylation sites (tertiary alicyclic amines) is 1. The lowest BCUT2D eigenvalue weighted by Crippen LogP contribution is -2.52. The van der Waals surface area contributed by atoms with Crippen molar-refractivity contribution in [3.63, 3.8) is 0 Å². The van der Waals surface area contributed by atoms with E-state index < -0.39 is 41.8 Å². The molecule has 230 valence electrons. The fourth-order valence-corrected chi connectivity index (χ4v) is 4.86. The fourth-order valence-electron chi connectivity index (χ4n) is 4.86. The van der Waals surface area contributed by atoms with E-state index in [1.807, 2.05) is 26.0 Å². The number of aromatic nitrogens is 2. The van der Waals surface area contributed by atoms with Crippen LogP contribution in [0.1, 0.15) is 84.8 Å². The van der Waals surface area contributed by atoms with Crippen molar-refractivity contribution in [1.82, 2.24) is 20.2 Å². The molecule has 2 aromatic rings. The van der Waals surface area contributed by atoms with Crippen LogP contribution in [-0.4, -0.2) is 75.4 Å². The van der Waals surface area contributed by atoms with Crippen molar-refractivity contribution in [1.29, 1.82) is 0 Å². The maximum atomic E-state index is 13.8. The number of nitrogens with zero attached hydrogens (tertiary/aromatic N) is 3. The SMILES string of the molecule is C=CCCCCCC(NC(=O)OC(C)(C)C)C(=O)N1C[C@H](Oc2nc3cc(OC)ccc3nc2C(C)C)C[C@H]1C(=O)O. The van der Waals surface area contributed by atoms with Crippen molar-refractivity contribution in [3.8, 4) is 11.6 Å². The van der Waals surface area contributed by atoms with Crippen molar-refractivity contribution in [2.24, 2.45) is 0 Å². The predicted molar refractivity (Wildman–Crippen MR) is 159 cm³/mol. The van der Waals surface area contributed by atoms with E-state index in [0.29, 0.717) is 41.2 Å². The van der Waals surface area contributed by atoms with E-state index in [1.165, 1.54) is 4.90 Å². The highest BCUT2D eigenvalue weighted by molar-refractivity contribution is 5.90. The quantitative estimate of drug-likeness (QED) is 0.239. The van der Waals surface area contributed by atoms with Gasteiger partial charge in [-0.2, -0.15) is 0 Å². The first-order valence-electron chi connectivity index (χ1n) is 14.5. The number of hydrogen-bond donors (Lipinski definition) is 2. The van der Waals surface area contributed by atoms with Gasteiger partial charge in [-0.05, 0) is 52.2 Å². The molecule has 0 spiro atoms. The summed E-state index contributed by atoms with van der Waals surface area (Å²) >= 11 is 0. The molecule has 2 heterocycles. The molecule has 0 saturated carbocycles. The second kappa shape index (κ2) is 14.3. The van der Waals surface area contributed by atoms with Crippen LogP contribution >= 0.6 is 0 Å². The predicted octanol–water partition coefficient (Wildman–Crippen LogP) is 5.22. The summed E-state index contributed by atoms with van der Waals surface area (Å²) in [6.45, 7) is 12.9. The number of aliphatic carboxylic acids is 1. The average molecular weight is 585 g/mol. The van der Waals surface area contributed by atoms with Crippen LogP contribution in [0.25, 0.3) is 11.0 Å². The smallest absolute Gasteiger partial charge is 0.408 e. The Morgan fingerprint density at radius 3 is 2.52 bits per heavy atom. The maximum Gasteiger partial charge on any atom is 0.408 e. The molecule has 1 aliphatic heterocycles. The molecule has 2 amide bonds. The zero-order chi connectivity index (χ0) is 31.0. The van der Waals surface area contributed by atoms with Gasteiger partial charge in [0.25, 0.3) is 0 Å². The van der Waals surface area contributed by atoms with Gasteiger partial charge in [-0.3, -0.25) is 4.79 Å². The molecule has 2 N–H and O–H groups in total. The van der Waals surface area contributed by atoms with E-state index in [0.717, 1.165) is 19.3 Å². The van der Waals surface area contributed by atoms with Crippen LogP contribution in [0.4, 0.5) is 4.79 Å². The maximum absolute atomic E-state index is 13.8. The summed E-state index contributed by atoms with van der Waals surface area (Å²) in [5.74, 6) is -0.732. The number of carboxylic acid groups (broad SMARTS) is 1. The summed E-state index contributed by atoms with van der Waals surface area (Å²) in [6, 6.07) is 3.32. The Kier molecular flexibility index (Phi) is 11.1. The molecule has 1 saturated heterocycles. The van der Waals surface area contributed by atoms with Gasteiger partial charge in [-0.1, -0.05) is 32.8 Å². The van der Waals surface area contributed by atoms with Crippen LogP contribution in [0.15, 0.2) is 30.9 Å². The largest absolute Gasteiger partial charge is 0.497 e. The van der Waals surface area contributed by atoms with Crippen molar-refractivity contribution < 1.29 is 33.7 Å². The molecule has 3 rings (SSSR count). The Hall–Kier alpha value is -3.89. The molecule has 42 heavy (non-hydrogen) atoms. The number of benzene rings is 1. The summed E-state index contributed by atoms with van der Waals surface area (Å²) in [4.78, 5) is 49.4. The first kappa shape index (κ1) is 32.6. The number of amides is 2. The van der Waals surface area contributed by atoms with Gasteiger partial charge in [-0.15, -0.1) is 6.58 Å². The van der Waals surface area contributed by atoms with E-state index >= 15 is 0 Å². The third-order valence-electron chi connectivity index (χ3n) is 6.91. The lowest BCUT2D eigenvalue weighted by atomic mass is 10.1. The van der Waals surface area contributed by atoms with Gasteiger partial charge < -0.3 is 29.5 Å². The van der Waals surface area contributed by atoms with Gasteiger partial charge >= 0.3 is 12.1 Å². The van der Waals surface area contributed by atoms with Crippen LogP contribution in [0.2, 0.25) is 0 Å². The third-order valence-corrected chi connectivity index (χ3v) is 6.91. The number of carbonyl (C=O) groups is 3. The van der Waals surface area contributed by atoms with Crippen LogP contribution in [0.3, 0.4) is 0 Å². The number of methoxy groups -OCH3 is 1. The zero-order valence-electron chi connectivity index (χ0n) is 25.5. The van der Waals surface area contributed by atoms with Gasteiger partial charge in [0.05, 0.1) is 24.7 Å². The van der Waals surface area contributed by atoms with Gasteiger partial charge in [0.1, 0.15) is 35.2 Å². The fraction of sp³-hybridized carbons (Fsp3) is 0.581. The minimum absolute atomic E-state index is 0.0168. The van der Waals surface area contributed by atoms with Crippen LogP contribution in [-0.2, 0) is 14.3 Å². The average Bonchev–Trinajstić information content (AvgIpc) is 3.34. The molecule has 3 atom stereocenters. The molecule has 1 aromatic heterocycles. The van der Waals surface area contributed by atoms with Crippen LogP contribution in [0, 0.1) is 0 Å². The molecular formula is C31H44N4O7. The number of unbranched alkanes of at least 4 members (excludes halogenated alkanes) is 3. The van der Waals surface area contributed by atoms with Gasteiger partial charge in [0.15, 0.2) is 0 Å². The molecule has 1 fully saturated rings. The zero-order valence-corrected chi connectivity index (χ0v) is 25.5. The van der Waals surface area contributed by atoms with Crippen molar-refractivity contribution >= 4 is 29.0 Å². The molecule has 11 heteroatoms. The van der Waals surface area contributed by atoms with E-state index in [-0.39, 0.29) is 18.9 Å². The molecule has 1 aliphatic rings. The molecule has 11 nitrogen and oxygen atoms in total. The van der Waals surface area contributed by atoms with Gasteiger partial charge in [-0.25, -0.2) is 19.6 Å². The Bertz CT molecular complexity index is 1270. The van der Waals surface area contributed by atoms with E-state index in [2.05, 4.69) is 16.9 Å². The highest BCUT2D eigenvalue weighted by atomic mass is 16.6. The number of allylic oxidation sites excluding steroid dienone is 1. The molecular weight excluding hydrogens is 540 g/mol. The van der Waals surface area contributed by atoms with E-state index in [1.54, 1.807) is 40.0 Å². The van der Waals surface area contributed by atoms with E-state index in [9.17, 15) is 19.5 Å². The minimum Gasteiger partial charge on any atom is -0.497 e. The second-order valence-corrected chi connectivity index (χ2v) is 11.9. The van der Waals surface area contributed by atoms with Crippen LogP contribution < -0.4 is 14.8 Å². The van der Waals surface area contributed by atoms with E-state index in [4.69, 9.17) is 19.2 Å². The Labute approximate surface area is 247 Å². The number of carboxylic acids is 1. The highest BCUT2D eigenvalue weighted by Gasteiger charge is 2.43. The number of rotatable bonds is 13. The first-order valence-corrected chi connectivity index (χ1v) is 14.5. The number of hydrogen-bond acceptors (Lipinski definition) is 8. The Morgan fingerprint density at radius 2 is 1.90 bits per heavy atom. The van der Waals surface area contributed by atoms with Crippen molar-refractivity contribution in [2.75, 3.05) is 13.7 Å². The van der Waals surface area contributed by atoms with Crippen molar-refractivity contribution in [3.05, 3.63) is 36.5 Å². The number of fused-ring (bicyclic) bond motifs is 1. The number of alkyl carbamates (subject to hydrolysis) is 1. The summed E-state index contributed by atoms with van der Waals surface area (Å²) in [5, 5.41) is 12.7. The minimum atomic E-state index is -1.14. The number of nitrogens with one attached hydrogen (secondary N) is 1. The topological polar surface area (TPSA) is 140 Å². The highest BCUT2D eigenvalue weighted by Crippen LogP contribution is 2.31. The van der Waals surface area contributed by atoms with Crippen molar-refractivity contribution in [2.45, 2.75) is 103 Å². The van der Waals surface area contributed by atoms with Crippen LogP contribution in [0.5, 0.6) is 11.6 Å². The summed E-state index contributed by atoms with van der Waals surface area (Å²) in [6.07, 6.45) is 4.15. The lowest BCUT2D eigenvalue weighted by Gasteiger charge is -2.28. The van der Waals surface area contributed by atoms with Gasteiger partial charge in [0, 0.05) is 18.4 Å². The summed E-state index contributed by atoms with van der Waals surface area (Å²) in [5.41, 5.74) is 1.14.